The van der Waals surface area contributed by atoms with E-state index in [1.807, 2.05) is 35.8 Å². The van der Waals surface area contributed by atoms with Crippen molar-refractivity contribution in [2.24, 2.45) is 5.73 Å². The van der Waals surface area contributed by atoms with E-state index in [1.54, 1.807) is 0 Å². The Morgan fingerprint density at radius 3 is 2.72 bits per heavy atom. The van der Waals surface area contributed by atoms with Crippen LogP contribution in [-0.2, 0) is 6.54 Å². The number of para-hydroxylation sites is 1. The van der Waals surface area contributed by atoms with Crippen LogP contribution < -0.4 is 11.3 Å². The van der Waals surface area contributed by atoms with Crippen molar-refractivity contribution < 1.29 is 0 Å². The average molecular weight is 244 g/mol. The molecular weight excluding hydrogens is 224 g/mol. The molecule has 3 heteroatoms. The van der Waals surface area contributed by atoms with Gasteiger partial charge in [0.15, 0.2) is 0 Å². The van der Waals surface area contributed by atoms with E-state index in [0.717, 1.165) is 22.9 Å². The Balaban J connectivity index is 2.69. The van der Waals surface area contributed by atoms with Crippen molar-refractivity contribution in [3.63, 3.8) is 0 Å². The lowest BCUT2D eigenvalue weighted by Crippen LogP contribution is -2.25. The van der Waals surface area contributed by atoms with Crippen LogP contribution >= 0.6 is 0 Å². The molecular formula is C15H20N2O. The third-order valence-corrected chi connectivity index (χ3v) is 3.48. The van der Waals surface area contributed by atoms with Crippen LogP contribution in [0.2, 0.25) is 0 Å². The van der Waals surface area contributed by atoms with Gasteiger partial charge in [0.25, 0.3) is 5.56 Å². The fraction of sp³-hybridized carbons (Fsp3) is 0.400. The minimum Gasteiger partial charge on any atom is -0.330 e. The number of nitrogens with zero attached hydrogens (tertiary/aromatic N) is 1. The summed E-state index contributed by atoms with van der Waals surface area (Å²) in [5.41, 5.74) is 7.60. The molecule has 0 saturated carbocycles. The van der Waals surface area contributed by atoms with Gasteiger partial charge in [-0.25, -0.2) is 0 Å². The number of nitrogens with two attached hydrogens (primary N) is 1. The summed E-state index contributed by atoms with van der Waals surface area (Å²) in [5, 5.41) is 1.12. The summed E-state index contributed by atoms with van der Waals surface area (Å²) in [7, 11) is 0. The van der Waals surface area contributed by atoms with Gasteiger partial charge in [-0.1, -0.05) is 25.1 Å². The van der Waals surface area contributed by atoms with Crippen LogP contribution in [-0.4, -0.2) is 11.1 Å². The Labute approximate surface area is 107 Å². The van der Waals surface area contributed by atoms with Gasteiger partial charge in [0.05, 0.1) is 5.52 Å². The van der Waals surface area contributed by atoms with E-state index in [4.69, 9.17) is 5.73 Å². The van der Waals surface area contributed by atoms with E-state index in [9.17, 15) is 4.79 Å². The largest absolute Gasteiger partial charge is 0.330 e. The smallest absolute Gasteiger partial charge is 0.254 e. The quantitative estimate of drug-likeness (QED) is 0.898. The molecule has 0 bridgehead atoms. The van der Waals surface area contributed by atoms with Crippen LogP contribution in [0, 0.1) is 0 Å². The molecule has 3 nitrogen and oxygen atoms in total. The number of aryl methyl sites for hydroxylation is 1. The highest BCUT2D eigenvalue weighted by Gasteiger charge is 2.13. The normalized spacial score (nSPS) is 12.8. The molecule has 0 radical (unpaired) electrons. The summed E-state index contributed by atoms with van der Waals surface area (Å²) in [4.78, 5) is 12.5. The molecule has 1 aromatic heterocycles. The predicted octanol–water partition coefficient (Wildman–Crippen LogP) is 2.47. The first kappa shape index (κ1) is 12.8. The first-order chi connectivity index (χ1) is 8.69. The number of aromatic nitrogens is 1. The van der Waals surface area contributed by atoms with E-state index >= 15 is 0 Å². The SMILES string of the molecule is CCn1c(=O)c(C(C)CCN)cc2ccccc21. The van der Waals surface area contributed by atoms with Gasteiger partial charge >= 0.3 is 0 Å². The minimum absolute atomic E-state index is 0.122. The molecule has 96 valence electrons. The van der Waals surface area contributed by atoms with E-state index in [0.29, 0.717) is 13.1 Å². The molecule has 1 aromatic carbocycles. The maximum Gasteiger partial charge on any atom is 0.254 e. The lowest BCUT2D eigenvalue weighted by Gasteiger charge is -2.15. The topological polar surface area (TPSA) is 48.0 Å². The van der Waals surface area contributed by atoms with Crippen LogP contribution in [0.25, 0.3) is 10.9 Å². The molecule has 18 heavy (non-hydrogen) atoms. The van der Waals surface area contributed by atoms with Crippen LogP contribution in [0.5, 0.6) is 0 Å². The lowest BCUT2D eigenvalue weighted by atomic mass is 9.97. The third kappa shape index (κ3) is 2.18. The van der Waals surface area contributed by atoms with Crippen LogP contribution in [0.3, 0.4) is 0 Å². The Bertz CT molecular complexity index is 601. The average Bonchev–Trinajstić information content (AvgIpc) is 2.38. The molecule has 0 aliphatic carbocycles. The standard InChI is InChI=1S/C15H20N2O/c1-3-17-14-7-5-4-6-12(14)10-13(15(17)18)11(2)8-9-16/h4-7,10-11H,3,8-9,16H2,1-2H3. The second-order valence-electron chi connectivity index (χ2n) is 4.69. The molecule has 0 aliphatic heterocycles. The van der Waals surface area contributed by atoms with Crippen molar-refractivity contribution >= 4 is 10.9 Å². The molecule has 2 N–H and O–H groups in total. The Kier molecular flexibility index (Phi) is 3.82. The molecule has 0 amide bonds. The molecule has 1 atom stereocenters. The zero-order valence-corrected chi connectivity index (χ0v) is 11.0. The predicted molar refractivity (Wildman–Crippen MR) is 76.0 cm³/mol. The fourth-order valence-electron chi connectivity index (χ4n) is 2.42. The van der Waals surface area contributed by atoms with Gasteiger partial charge in [-0.3, -0.25) is 4.79 Å². The minimum atomic E-state index is 0.122. The van der Waals surface area contributed by atoms with Gasteiger partial charge in [-0.05, 0) is 43.3 Å². The molecule has 0 saturated heterocycles. The molecule has 1 unspecified atom stereocenters. The summed E-state index contributed by atoms with van der Waals surface area (Å²) >= 11 is 0. The van der Waals surface area contributed by atoms with Crippen molar-refractivity contribution in [1.29, 1.82) is 0 Å². The molecule has 1 heterocycles. The first-order valence-corrected chi connectivity index (χ1v) is 6.51. The number of pyridine rings is 1. The summed E-state index contributed by atoms with van der Waals surface area (Å²) in [6.07, 6.45) is 0.845. The lowest BCUT2D eigenvalue weighted by molar-refractivity contribution is 0.661. The number of hydrogen-bond acceptors (Lipinski definition) is 2. The van der Waals surface area contributed by atoms with E-state index in [2.05, 4.69) is 13.0 Å². The maximum atomic E-state index is 12.5. The van der Waals surface area contributed by atoms with Crippen molar-refractivity contribution in [2.45, 2.75) is 32.7 Å². The van der Waals surface area contributed by atoms with Crippen molar-refractivity contribution in [2.75, 3.05) is 6.54 Å². The van der Waals surface area contributed by atoms with Gasteiger partial charge in [0.1, 0.15) is 0 Å². The Morgan fingerprint density at radius 1 is 1.33 bits per heavy atom. The van der Waals surface area contributed by atoms with E-state index < -0.39 is 0 Å². The fourth-order valence-corrected chi connectivity index (χ4v) is 2.42. The van der Waals surface area contributed by atoms with Crippen molar-refractivity contribution in [3.05, 3.63) is 46.2 Å². The van der Waals surface area contributed by atoms with E-state index in [-0.39, 0.29) is 11.5 Å². The second kappa shape index (κ2) is 5.36. The van der Waals surface area contributed by atoms with Crippen LogP contribution in [0.4, 0.5) is 0 Å². The molecule has 0 fully saturated rings. The van der Waals surface area contributed by atoms with Crippen molar-refractivity contribution in [3.8, 4) is 0 Å². The third-order valence-electron chi connectivity index (χ3n) is 3.48. The number of rotatable bonds is 4. The number of fused-ring (bicyclic) bond motifs is 1. The van der Waals surface area contributed by atoms with Gasteiger partial charge in [0, 0.05) is 12.1 Å². The molecule has 0 aliphatic rings. The number of benzene rings is 1. The van der Waals surface area contributed by atoms with Gasteiger partial charge < -0.3 is 10.3 Å². The second-order valence-corrected chi connectivity index (χ2v) is 4.69. The maximum absolute atomic E-state index is 12.5. The molecule has 2 aromatic rings. The molecule has 2 rings (SSSR count). The zero-order valence-electron chi connectivity index (χ0n) is 11.0. The Hall–Kier alpha value is -1.61. The highest BCUT2D eigenvalue weighted by molar-refractivity contribution is 5.79. The summed E-state index contributed by atoms with van der Waals surface area (Å²) in [6.45, 7) is 5.38. The van der Waals surface area contributed by atoms with Crippen LogP contribution in [0.1, 0.15) is 31.7 Å². The zero-order chi connectivity index (χ0) is 13.1. The Morgan fingerprint density at radius 2 is 2.06 bits per heavy atom. The summed E-state index contributed by atoms with van der Waals surface area (Å²) in [6, 6.07) is 10.0. The first-order valence-electron chi connectivity index (χ1n) is 6.51. The van der Waals surface area contributed by atoms with Gasteiger partial charge in [-0.2, -0.15) is 0 Å². The van der Waals surface area contributed by atoms with Gasteiger partial charge in [-0.15, -0.1) is 0 Å². The summed E-state index contributed by atoms with van der Waals surface area (Å²) in [5.74, 6) is 0.213. The monoisotopic (exact) mass is 244 g/mol. The van der Waals surface area contributed by atoms with Crippen molar-refractivity contribution in [1.82, 2.24) is 4.57 Å². The van der Waals surface area contributed by atoms with Crippen LogP contribution in [0.15, 0.2) is 35.1 Å². The molecule has 0 spiro atoms. The summed E-state index contributed by atoms with van der Waals surface area (Å²) < 4.78 is 1.84. The number of hydrogen-bond donors (Lipinski definition) is 1. The highest BCUT2D eigenvalue weighted by atomic mass is 16.1. The van der Waals surface area contributed by atoms with E-state index in [1.165, 1.54) is 0 Å². The van der Waals surface area contributed by atoms with Gasteiger partial charge in [0.2, 0.25) is 0 Å². The highest BCUT2D eigenvalue weighted by Crippen LogP contribution is 2.20.